The maximum Gasteiger partial charge on any atom is 0.124 e. The van der Waals surface area contributed by atoms with Gasteiger partial charge in [0, 0.05) is 23.5 Å². The topological polar surface area (TPSA) is 81.4 Å². The van der Waals surface area contributed by atoms with Gasteiger partial charge in [-0.2, -0.15) is 0 Å². The summed E-state index contributed by atoms with van der Waals surface area (Å²) in [5.41, 5.74) is 7.05. The molecular weight excluding hydrogens is 444 g/mol. The summed E-state index contributed by atoms with van der Waals surface area (Å²) in [6.07, 6.45) is 6.38. The first-order valence-electron chi connectivity index (χ1n) is 13.1. The Balaban J connectivity index is 1.17. The number of aromatic nitrogens is 4. The fourth-order valence-corrected chi connectivity index (χ4v) is 5.78. The van der Waals surface area contributed by atoms with Gasteiger partial charge in [0.05, 0.1) is 23.5 Å². The van der Waals surface area contributed by atoms with Gasteiger partial charge in [0.2, 0.25) is 0 Å². The standard InChI is InChI=1S/C30H36N6/c1-29(2)13-15-31-25(29)27-33-17-23(35-27)21-9-5-19(6-10-21)20-7-11-22(12-8-20)24-18-34-28(36-24)26-30(3,4)14-16-32-26/h5-12,17-18,25-26,31-32H,13-16H2,1-4H3,(H,33,35)(H,34,36). The molecule has 36 heavy (non-hydrogen) atoms. The number of imidazole rings is 2. The van der Waals surface area contributed by atoms with E-state index in [2.05, 4.69) is 96.8 Å². The van der Waals surface area contributed by atoms with Crippen molar-refractivity contribution in [3.8, 4) is 33.6 Å². The van der Waals surface area contributed by atoms with E-state index < -0.39 is 0 Å². The molecule has 2 aromatic carbocycles. The van der Waals surface area contributed by atoms with E-state index in [9.17, 15) is 0 Å². The van der Waals surface area contributed by atoms with Crippen molar-refractivity contribution in [2.24, 2.45) is 10.8 Å². The number of H-pyrrole nitrogens is 2. The molecule has 2 atom stereocenters. The van der Waals surface area contributed by atoms with Crippen LogP contribution in [0.4, 0.5) is 0 Å². The number of benzene rings is 2. The number of aromatic amines is 2. The molecule has 0 amide bonds. The molecule has 2 aromatic heterocycles. The molecule has 4 aromatic rings. The fourth-order valence-electron chi connectivity index (χ4n) is 5.78. The van der Waals surface area contributed by atoms with Crippen molar-refractivity contribution in [1.82, 2.24) is 30.6 Å². The highest BCUT2D eigenvalue weighted by molar-refractivity contribution is 5.71. The Hall–Kier alpha value is -3.22. The highest BCUT2D eigenvalue weighted by Crippen LogP contribution is 2.41. The van der Waals surface area contributed by atoms with Crippen molar-refractivity contribution in [3.05, 3.63) is 72.6 Å². The van der Waals surface area contributed by atoms with Crippen LogP contribution in [0.5, 0.6) is 0 Å². The number of hydrogen-bond donors (Lipinski definition) is 4. The van der Waals surface area contributed by atoms with Gasteiger partial charge in [0.1, 0.15) is 11.6 Å². The second-order valence-electron chi connectivity index (χ2n) is 11.7. The zero-order chi connectivity index (χ0) is 24.9. The van der Waals surface area contributed by atoms with Crippen molar-refractivity contribution in [2.45, 2.75) is 52.6 Å². The summed E-state index contributed by atoms with van der Waals surface area (Å²) in [4.78, 5) is 16.6. The Morgan fingerprint density at radius 3 is 1.28 bits per heavy atom. The van der Waals surface area contributed by atoms with Crippen molar-refractivity contribution < 1.29 is 0 Å². The number of nitrogens with zero attached hydrogens (tertiary/aromatic N) is 2. The second kappa shape index (κ2) is 8.71. The Labute approximate surface area is 213 Å². The first-order chi connectivity index (χ1) is 17.3. The third-order valence-electron chi connectivity index (χ3n) is 8.24. The molecule has 0 aliphatic carbocycles. The van der Waals surface area contributed by atoms with Gasteiger partial charge < -0.3 is 20.6 Å². The van der Waals surface area contributed by atoms with Crippen molar-refractivity contribution >= 4 is 0 Å². The molecule has 6 nitrogen and oxygen atoms in total. The summed E-state index contributed by atoms with van der Waals surface area (Å²) in [6.45, 7) is 11.3. The SMILES string of the molecule is CC1(C)CCNC1c1nc(-c2ccc(-c3ccc(-c4c[nH]c(C5NCCC5(C)C)n4)cc3)cc2)c[nH]1. The van der Waals surface area contributed by atoms with E-state index in [1.807, 2.05) is 12.4 Å². The molecular formula is C30H36N6. The summed E-state index contributed by atoms with van der Waals surface area (Å²) in [5, 5.41) is 7.18. The van der Waals surface area contributed by atoms with E-state index in [0.717, 1.165) is 47.3 Å². The third kappa shape index (κ3) is 4.18. The van der Waals surface area contributed by atoms with E-state index in [0.29, 0.717) is 0 Å². The molecule has 4 heterocycles. The van der Waals surface area contributed by atoms with Crippen LogP contribution in [0.25, 0.3) is 33.6 Å². The predicted molar refractivity (Wildman–Crippen MR) is 145 cm³/mol. The highest BCUT2D eigenvalue weighted by atomic mass is 15.1. The molecule has 2 aliphatic rings. The van der Waals surface area contributed by atoms with Crippen molar-refractivity contribution in [1.29, 1.82) is 0 Å². The Kier molecular flexibility index (Phi) is 5.61. The quantitative estimate of drug-likeness (QED) is 0.272. The molecule has 2 saturated heterocycles. The van der Waals surface area contributed by atoms with Gasteiger partial charge in [-0.05, 0) is 47.9 Å². The summed E-state index contributed by atoms with van der Waals surface area (Å²) in [5.74, 6) is 2.06. The van der Waals surface area contributed by atoms with E-state index >= 15 is 0 Å². The van der Waals surface area contributed by atoms with Gasteiger partial charge in [0.15, 0.2) is 0 Å². The molecule has 0 saturated carbocycles. The van der Waals surface area contributed by atoms with Crippen LogP contribution in [-0.2, 0) is 0 Å². The second-order valence-corrected chi connectivity index (χ2v) is 11.7. The normalized spacial score (nSPS) is 22.8. The first-order valence-corrected chi connectivity index (χ1v) is 13.1. The maximum atomic E-state index is 4.91. The van der Waals surface area contributed by atoms with E-state index in [4.69, 9.17) is 9.97 Å². The van der Waals surface area contributed by atoms with Gasteiger partial charge >= 0.3 is 0 Å². The Morgan fingerprint density at radius 2 is 0.944 bits per heavy atom. The lowest BCUT2D eigenvalue weighted by Crippen LogP contribution is -2.24. The molecule has 0 bridgehead atoms. The Bertz CT molecular complexity index is 1240. The van der Waals surface area contributed by atoms with E-state index in [1.165, 1.54) is 24.0 Å². The molecule has 186 valence electrons. The van der Waals surface area contributed by atoms with Crippen LogP contribution in [0.3, 0.4) is 0 Å². The van der Waals surface area contributed by atoms with Crippen LogP contribution in [-0.4, -0.2) is 33.0 Å². The van der Waals surface area contributed by atoms with Gasteiger partial charge in [-0.3, -0.25) is 0 Å². The molecule has 0 spiro atoms. The minimum absolute atomic E-state index is 0.215. The van der Waals surface area contributed by atoms with Gasteiger partial charge in [0.25, 0.3) is 0 Å². The van der Waals surface area contributed by atoms with E-state index in [1.54, 1.807) is 0 Å². The maximum absolute atomic E-state index is 4.91. The van der Waals surface area contributed by atoms with Crippen LogP contribution in [0.2, 0.25) is 0 Å². The largest absolute Gasteiger partial charge is 0.347 e. The van der Waals surface area contributed by atoms with Crippen LogP contribution in [0.1, 0.15) is 64.3 Å². The average molecular weight is 481 g/mol. The van der Waals surface area contributed by atoms with Gasteiger partial charge in [-0.1, -0.05) is 76.2 Å². The number of hydrogen-bond acceptors (Lipinski definition) is 4. The lowest BCUT2D eigenvalue weighted by molar-refractivity contribution is 0.310. The lowest BCUT2D eigenvalue weighted by atomic mass is 9.84. The fraction of sp³-hybridized carbons (Fsp3) is 0.400. The molecule has 2 unspecified atom stereocenters. The molecule has 6 rings (SSSR count). The minimum atomic E-state index is 0.215. The molecule has 2 aliphatic heterocycles. The Morgan fingerprint density at radius 1 is 0.583 bits per heavy atom. The van der Waals surface area contributed by atoms with Crippen LogP contribution in [0, 0.1) is 10.8 Å². The van der Waals surface area contributed by atoms with Crippen LogP contribution < -0.4 is 10.6 Å². The van der Waals surface area contributed by atoms with E-state index in [-0.39, 0.29) is 22.9 Å². The molecule has 2 fully saturated rings. The van der Waals surface area contributed by atoms with Gasteiger partial charge in [-0.15, -0.1) is 0 Å². The highest BCUT2D eigenvalue weighted by Gasteiger charge is 2.38. The molecule has 4 N–H and O–H groups in total. The summed E-state index contributed by atoms with van der Waals surface area (Å²) in [7, 11) is 0. The van der Waals surface area contributed by atoms with Crippen molar-refractivity contribution in [3.63, 3.8) is 0 Å². The number of rotatable bonds is 5. The predicted octanol–water partition coefficient (Wildman–Crippen LogP) is 6.26. The van der Waals surface area contributed by atoms with Gasteiger partial charge in [-0.25, -0.2) is 9.97 Å². The third-order valence-corrected chi connectivity index (χ3v) is 8.24. The zero-order valence-corrected chi connectivity index (χ0v) is 21.7. The van der Waals surface area contributed by atoms with Crippen LogP contribution >= 0.6 is 0 Å². The molecule has 0 radical (unpaired) electrons. The number of nitrogens with one attached hydrogen (secondary N) is 4. The monoisotopic (exact) mass is 480 g/mol. The molecule has 6 heteroatoms. The summed E-state index contributed by atoms with van der Waals surface area (Å²) < 4.78 is 0. The zero-order valence-electron chi connectivity index (χ0n) is 21.7. The van der Waals surface area contributed by atoms with Crippen LogP contribution in [0.15, 0.2) is 60.9 Å². The first kappa shape index (κ1) is 23.2. The minimum Gasteiger partial charge on any atom is -0.347 e. The average Bonchev–Trinajstić information content (AvgIpc) is 3.65. The summed E-state index contributed by atoms with van der Waals surface area (Å²) >= 11 is 0. The smallest absolute Gasteiger partial charge is 0.124 e. The lowest BCUT2D eigenvalue weighted by Gasteiger charge is -2.24. The summed E-state index contributed by atoms with van der Waals surface area (Å²) in [6, 6.07) is 17.9. The van der Waals surface area contributed by atoms with Crippen molar-refractivity contribution in [2.75, 3.05) is 13.1 Å².